The number of aryl methyl sites for hydroxylation is 1. The molecule has 5 nitrogen and oxygen atoms in total. The molecular weight excluding hydrogens is 395 g/mol. The fourth-order valence-corrected chi connectivity index (χ4v) is 3.17. The number of halogens is 1. The van der Waals surface area contributed by atoms with Crippen molar-refractivity contribution in [2.75, 3.05) is 6.61 Å². The van der Waals surface area contributed by atoms with Crippen molar-refractivity contribution in [2.45, 2.75) is 26.8 Å². The average molecular weight is 420 g/mol. The van der Waals surface area contributed by atoms with Gasteiger partial charge in [-0.3, -0.25) is 15.0 Å². The molecule has 0 aliphatic heterocycles. The lowest BCUT2D eigenvalue weighted by Crippen LogP contribution is -2.51. The molecule has 31 heavy (non-hydrogen) atoms. The zero-order valence-electron chi connectivity index (χ0n) is 17.8. The first-order chi connectivity index (χ1) is 14.9. The van der Waals surface area contributed by atoms with E-state index in [0.29, 0.717) is 16.9 Å². The molecule has 160 valence electrons. The van der Waals surface area contributed by atoms with Gasteiger partial charge in [-0.2, -0.15) is 0 Å². The normalized spacial score (nSPS) is 10.6. The van der Waals surface area contributed by atoms with Crippen molar-refractivity contribution in [3.63, 3.8) is 0 Å². The number of ether oxygens (including phenoxy) is 1. The molecule has 0 aromatic heterocycles. The Bertz CT molecular complexity index is 1070. The number of benzene rings is 3. The third-order valence-corrected chi connectivity index (χ3v) is 4.77. The quantitative estimate of drug-likeness (QED) is 0.585. The van der Waals surface area contributed by atoms with E-state index in [1.807, 2.05) is 37.3 Å². The predicted octanol–water partition coefficient (Wildman–Crippen LogP) is 4.76. The number of hydrogen-bond donors (Lipinski definition) is 1. The summed E-state index contributed by atoms with van der Waals surface area (Å²) in [6.45, 7) is 5.20. The Hall–Kier alpha value is -3.67. The Kier molecular flexibility index (Phi) is 7.03. The number of hydrazine groups is 1. The van der Waals surface area contributed by atoms with Crippen LogP contribution in [0.3, 0.4) is 0 Å². The molecule has 0 spiro atoms. The molecular formula is C25H25FN2O3. The van der Waals surface area contributed by atoms with E-state index >= 15 is 0 Å². The molecule has 0 heterocycles. The molecule has 0 aliphatic rings. The molecule has 0 unspecified atom stereocenters. The number of amides is 2. The van der Waals surface area contributed by atoms with Gasteiger partial charge in [0, 0.05) is 17.2 Å². The molecule has 0 radical (unpaired) electrons. The van der Waals surface area contributed by atoms with Gasteiger partial charge in [0.05, 0.1) is 0 Å². The van der Waals surface area contributed by atoms with Gasteiger partial charge in [0.2, 0.25) is 0 Å². The summed E-state index contributed by atoms with van der Waals surface area (Å²) in [6, 6.07) is 20.1. The molecule has 2 amide bonds. The first-order valence-electron chi connectivity index (χ1n) is 10.0. The Morgan fingerprint density at radius 3 is 2.32 bits per heavy atom. The second-order valence-corrected chi connectivity index (χ2v) is 7.41. The summed E-state index contributed by atoms with van der Waals surface area (Å²) in [5.41, 5.74) is 5.43. The van der Waals surface area contributed by atoms with Gasteiger partial charge in [0.15, 0.2) is 6.61 Å². The van der Waals surface area contributed by atoms with Gasteiger partial charge in [-0.25, -0.2) is 9.40 Å². The van der Waals surface area contributed by atoms with Gasteiger partial charge in [-0.05, 0) is 62.2 Å². The minimum Gasteiger partial charge on any atom is -0.483 e. The summed E-state index contributed by atoms with van der Waals surface area (Å²) in [4.78, 5) is 25.3. The maximum atomic E-state index is 13.9. The lowest BCUT2D eigenvalue weighted by Gasteiger charge is -2.27. The van der Waals surface area contributed by atoms with Gasteiger partial charge in [0.1, 0.15) is 11.6 Å². The van der Waals surface area contributed by atoms with E-state index in [0.717, 1.165) is 11.1 Å². The first-order valence-corrected chi connectivity index (χ1v) is 10.0. The number of nitrogens with zero attached hydrogens (tertiary/aromatic N) is 1. The number of rotatable bonds is 6. The third kappa shape index (κ3) is 5.48. The van der Waals surface area contributed by atoms with E-state index in [1.54, 1.807) is 38.1 Å². The molecule has 0 saturated heterocycles. The van der Waals surface area contributed by atoms with Crippen molar-refractivity contribution in [3.05, 3.63) is 89.7 Å². The Labute approximate surface area is 181 Å². The highest BCUT2D eigenvalue weighted by molar-refractivity contribution is 5.95. The van der Waals surface area contributed by atoms with E-state index in [2.05, 4.69) is 5.43 Å². The Morgan fingerprint density at radius 1 is 0.968 bits per heavy atom. The van der Waals surface area contributed by atoms with Gasteiger partial charge in [-0.1, -0.05) is 42.5 Å². The van der Waals surface area contributed by atoms with Gasteiger partial charge in [0.25, 0.3) is 11.8 Å². The summed E-state index contributed by atoms with van der Waals surface area (Å²) < 4.78 is 19.7. The van der Waals surface area contributed by atoms with Crippen LogP contribution in [0.25, 0.3) is 11.1 Å². The zero-order chi connectivity index (χ0) is 22.4. The topological polar surface area (TPSA) is 58.6 Å². The molecule has 6 heteroatoms. The monoisotopic (exact) mass is 420 g/mol. The summed E-state index contributed by atoms with van der Waals surface area (Å²) >= 11 is 0. The zero-order valence-corrected chi connectivity index (χ0v) is 17.8. The third-order valence-electron chi connectivity index (χ3n) is 4.77. The van der Waals surface area contributed by atoms with E-state index < -0.39 is 11.7 Å². The molecule has 0 aliphatic carbocycles. The average Bonchev–Trinajstić information content (AvgIpc) is 2.77. The van der Waals surface area contributed by atoms with E-state index in [-0.39, 0.29) is 18.6 Å². The number of hydrogen-bond acceptors (Lipinski definition) is 3. The fraction of sp³-hybridized carbons (Fsp3) is 0.200. The van der Waals surface area contributed by atoms with E-state index in [4.69, 9.17) is 4.74 Å². The van der Waals surface area contributed by atoms with Crippen LogP contribution in [0.15, 0.2) is 72.8 Å². The van der Waals surface area contributed by atoms with E-state index in [1.165, 1.54) is 23.2 Å². The SMILES string of the molecule is Cc1ccccc1-c1cc(F)ccc1OCC(=O)N(NC(=O)c1ccccc1)C(C)C. The van der Waals surface area contributed by atoms with Crippen LogP contribution >= 0.6 is 0 Å². The van der Waals surface area contributed by atoms with Crippen LogP contribution in [0.5, 0.6) is 5.75 Å². The molecule has 1 N–H and O–H groups in total. The van der Waals surface area contributed by atoms with Crippen molar-refractivity contribution < 1.29 is 18.7 Å². The van der Waals surface area contributed by atoms with Crippen LogP contribution in [0.1, 0.15) is 29.8 Å². The van der Waals surface area contributed by atoms with Gasteiger partial charge in [-0.15, -0.1) is 0 Å². The highest BCUT2D eigenvalue weighted by atomic mass is 19.1. The summed E-state index contributed by atoms with van der Waals surface area (Å²) in [6.07, 6.45) is 0. The van der Waals surface area contributed by atoms with Crippen LogP contribution in [0.2, 0.25) is 0 Å². The fourth-order valence-electron chi connectivity index (χ4n) is 3.17. The molecule has 0 saturated carbocycles. The molecule has 0 bridgehead atoms. The van der Waals surface area contributed by atoms with Gasteiger partial charge >= 0.3 is 0 Å². The van der Waals surface area contributed by atoms with Crippen LogP contribution < -0.4 is 10.2 Å². The summed E-state index contributed by atoms with van der Waals surface area (Å²) in [5.74, 6) is -0.803. The van der Waals surface area contributed by atoms with Gasteiger partial charge < -0.3 is 4.74 Å². The summed E-state index contributed by atoms with van der Waals surface area (Å²) in [5, 5.41) is 1.24. The number of carbonyl (C=O) groups is 2. The standard InChI is InChI=1S/C25H25FN2O3/c1-17(2)28(27-25(30)19-10-5-4-6-11-19)24(29)16-31-23-14-13-20(26)15-22(23)21-12-8-7-9-18(21)3/h4-15,17H,16H2,1-3H3,(H,27,30). The lowest BCUT2D eigenvalue weighted by molar-refractivity contribution is -0.137. The molecule has 3 aromatic rings. The largest absolute Gasteiger partial charge is 0.483 e. The number of nitrogens with one attached hydrogen (secondary N) is 1. The lowest BCUT2D eigenvalue weighted by atomic mass is 10.00. The Morgan fingerprint density at radius 2 is 1.65 bits per heavy atom. The molecule has 3 rings (SSSR count). The highest BCUT2D eigenvalue weighted by Crippen LogP contribution is 2.33. The van der Waals surface area contributed by atoms with Crippen molar-refractivity contribution in [2.24, 2.45) is 0 Å². The Balaban J connectivity index is 1.76. The molecule has 0 atom stereocenters. The van der Waals surface area contributed by atoms with Crippen molar-refractivity contribution in [1.29, 1.82) is 0 Å². The smallest absolute Gasteiger partial charge is 0.279 e. The summed E-state index contributed by atoms with van der Waals surface area (Å²) in [7, 11) is 0. The maximum Gasteiger partial charge on any atom is 0.279 e. The minimum atomic E-state index is -0.417. The van der Waals surface area contributed by atoms with E-state index in [9.17, 15) is 14.0 Å². The number of carbonyl (C=O) groups excluding carboxylic acids is 2. The second-order valence-electron chi connectivity index (χ2n) is 7.41. The van der Waals surface area contributed by atoms with Crippen LogP contribution in [0, 0.1) is 12.7 Å². The maximum absolute atomic E-state index is 13.9. The first kappa shape index (κ1) is 22.0. The van der Waals surface area contributed by atoms with Crippen molar-refractivity contribution in [1.82, 2.24) is 10.4 Å². The van der Waals surface area contributed by atoms with Crippen LogP contribution in [-0.2, 0) is 4.79 Å². The van der Waals surface area contributed by atoms with Crippen LogP contribution in [-0.4, -0.2) is 29.5 Å². The highest BCUT2D eigenvalue weighted by Gasteiger charge is 2.21. The minimum absolute atomic E-state index is 0.284. The van der Waals surface area contributed by atoms with Crippen molar-refractivity contribution in [3.8, 4) is 16.9 Å². The molecule has 0 fully saturated rings. The molecule has 3 aromatic carbocycles. The predicted molar refractivity (Wildman–Crippen MR) is 118 cm³/mol. The second kappa shape index (κ2) is 9.89. The van der Waals surface area contributed by atoms with Crippen molar-refractivity contribution >= 4 is 11.8 Å². The van der Waals surface area contributed by atoms with Crippen LogP contribution in [0.4, 0.5) is 4.39 Å².